The van der Waals surface area contributed by atoms with Gasteiger partial charge in [0.1, 0.15) is 11.3 Å². The van der Waals surface area contributed by atoms with E-state index in [2.05, 4.69) is 10.3 Å². The Labute approximate surface area is 179 Å². The van der Waals surface area contributed by atoms with Crippen LogP contribution in [0.4, 0.5) is 5.69 Å². The van der Waals surface area contributed by atoms with E-state index >= 15 is 0 Å². The Balaban J connectivity index is 1.47. The molecule has 0 saturated carbocycles. The predicted molar refractivity (Wildman–Crippen MR) is 118 cm³/mol. The molecule has 2 amide bonds. The SMILES string of the molecule is CN(C)C(=O)COc1ccccc1C(=O)Nc1ccc(-c2nc3ccccc3o2)cc1. The second-order valence-electron chi connectivity index (χ2n) is 7.09. The molecule has 7 heteroatoms. The fraction of sp³-hybridized carbons (Fsp3) is 0.125. The van der Waals surface area contributed by atoms with Crippen molar-refractivity contribution in [2.75, 3.05) is 26.0 Å². The van der Waals surface area contributed by atoms with Crippen molar-refractivity contribution in [2.45, 2.75) is 0 Å². The molecule has 0 aliphatic heterocycles. The lowest BCUT2D eigenvalue weighted by Crippen LogP contribution is -2.28. The highest BCUT2D eigenvalue weighted by Gasteiger charge is 2.15. The highest BCUT2D eigenvalue weighted by molar-refractivity contribution is 6.06. The van der Waals surface area contributed by atoms with Crippen molar-refractivity contribution in [1.29, 1.82) is 0 Å². The summed E-state index contributed by atoms with van der Waals surface area (Å²) in [7, 11) is 3.30. The van der Waals surface area contributed by atoms with E-state index in [0.29, 0.717) is 22.9 Å². The first-order valence-corrected chi connectivity index (χ1v) is 9.70. The summed E-state index contributed by atoms with van der Waals surface area (Å²) < 4.78 is 11.3. The number of hydrogen-bond acceptors (Lipinski definition) is 5. The number of ether oxygens (including phenoxy) is 1. The maximum Gasteiger partial charge on any atom is 0.259 e. The van der Waals surface area contributed by atoms with Crippen LogP contribution < -0.4 is 10.1 Å². The standard InChI is InChI=1S/C24H21N3O4/c1-27(2)22(28)15-30-20-9-5-3-7-18(20)23(29)25-17-13-11-16(12-14-17)24-26-19-8-4-6-10-21(19)31-24/h3-14H,15H2,1-2H3,(H,25,29). The number of oxazole rings is 1. The maximum absolute atomic E-state index is 12.8. The number of hydrogen-bond donors (Lipinski definition) is 1. The van der Waals surface area contributed by atoms with E-state index in [4.69, 9.17) is 9.15 Å². The number of carbonyl (C=O) groups excluding carboxylic acids is 2. The van der Waals surface area contributed by atoms with Crippen molar-refractivity contribution in [3.8, 4) is 17.2 Å². The van der Waals surface area contributed by atoms with Gasteiger partial charge in [-0.2, -0.15) is 0 Å². The summed E-state index contributed by atoms with van der Waals surface area (Å²) in [4.78, 5) is 30.5. The van der Waals surface area contributed by atoms with Crippen LogP contribution in [0.5, 0.6) is 5.75 Å². The van der Waals surface area contributed by atoms with Gasteiger partial charge in [0.25, 0.3) is 11.8 Å². The quantitative estimate of drug-likeness (QED) is 0.510. The Hall–Kier alpha value is -4.13. The van der Waals surface area contributed by atoms with Gasteiger partial charge in [-0.25, -0.2) is 4.98 Å². The fourth-order valence-electron chi connectivity index (χ4n) is 2.94. The molecule has 0 aliphatic rings. The minimum absolute atomic E-state index is 0.142. The minimum atomic E-state index is -0.331. The molecular weight excluding hydrogens is 394 g/mol. The van der Waals surface area contributed by atoms with Gasteiger partial charge in [0.05, 0.1) is 5.56 Å². The molecule has 3 aromatic carbocycles. The van der Waals surface area contributed by atoms with Crippen LogP contribution >= 0.6 is 0 Å². The van der Waals surface area contributed by atoms with Gasteiger partial charge in [-0.15, -0.1) is 0 Å². The van der Waals surface area contributed by atoms with Crippen LogP contribution in [0.1, 0.15) is 10.4 Å². The predicted octanol–water partition coefficient (Wildman–Crippen LogP) is 4.21. The number of likely N-dealkylation sites (N-methyl/N-ethyl adjacent to an activating group) is 1. The lowest BCUT2D eigenvalue weighted by molar-refractivity contribution is -0.130. The highest BCUT2D eigenvalue weighted by Crippen LogP contribution is 2.26. The van der Waals surface area contributed by atoms with E-state index in [1.807, 2.05) is 36.4 Å². The van der Waals surface area contributed by atoms with E-state index in [9.17, 15) is 9.59 Å². The number of para-hydroxylation sites is 3. The summed E-state index contributed by atoms with van der Waals surface area (Å²) in [6.45, 7) is -0.142. The molecule has 0 radical (unpaired) electrons. The molecule has 0 unspecified atom stereocenters. The van der Waals surface area contributed by atoms with Gasteiger partial charge in [-0.05, 0) is 48.5 Å². The van der Waals surface area contributed by atoms with Crippen LogP contribution in [0.3, 0.4) is 0 Å². The van der Waals surface area contributed by atoms with E-state index in [1.165, 1.54) is 4.90 Å². The van der Waals surface area contributed by atoms with Gasteiger partial charge in [-0.1, -0.05) is 24.3 Å². The third kappa shape index (κ3) is 4.56. The van der Waals surface area contributed by atoms with E-state index < -0.39 is 0 Å². The summed E-state index contributed by atoms with van der Waals surface area (Å²) in [5.74, 6) is 0.342. The molecule has 1 N–H and O–H groups in total. The fourth-order valence-corrected chi connectivity index (χ4v) is 2.94. The molecule has 0 bridgehead atoms. The third-order valence-electron chi connectivity index (χ3n) is 4.67. The molecule has 0 aliphatic carbocycles. The van der Waals surface area contributed by atoms with Gasteiger partial charge in [0, 0.05) is 25.3 Å². The molecule has 7 nitrogen and oxygen atoms in total. The number of amides is 2. The zero-order chi connectivity index (χ0) is 21.8. The van der Waals surface area contributed by atoms with Gasteiger partial charge >= 0.3 is 0 Å². The molecule has 4 rings (SSSR count). The molecule has 1 heterocycles. The second-order valence-corrected chi connectivity index (χ2v) is 7.09. The number of fused-ring (bicyclic) bond motifs is 1. The Morgan fingerprint density at radius 1 is 0.968 bits per heavy atom. The molecule has 31 heavy (non-hydrogen) atoms. The number of aromatic nitrogens is 1. The number of carbonyl (C=O) groups is 2. The summed E-state index contributed by atoms with van der Waals surface area (Å²) in [6, 6.07) is 21.6. The Bertz CT molecular complexity index is 1200. The average Bonchev–Trinajstić information content (AvgIpc) is 3.22. The molecule has 0 spiro atoms. The topological polar surface area (TPSA) is 84.7 Å². The van der Waals surface area contributed by atoms with Crippen LogP contribution in [0.25, 0.3) is 22.6 Å². The summed E-state index contributed by atoms with van der Waals surface area (Å²) >= 11 is 0. The highest BCUT2D eigenvalue weighted by atomic mass is 16.5. The van der Waals surface area contributed by atoms with Crippen LogP contribution in [0, 0.1) is 0 Å². The molecule has 0 atom stereocenters. The third-order valence-corrected chi connectivity index (χ3v) is 4.67. The van der Waals surface area contributed by atoms with Crippen LogP contribution in [0.15, 0.2) is 77.2 Å². The molecule has 4 aromatic rings. The number of rotatable bonds is 6. The van der Waals surface area contributed by atoms with E-state index in [1.54, 1.807) is 50.5 Å². The number of anilines is 1. The van der Waals surface area contributed by atoms with Crippen LogP contribution in [0.2, 0.25) is 0 Å². The Kier molecular flexibility index (Phi) is 5.66. The van der Waals surface area contributed by atoms with Crippen LogP contribution in [-0.2, 0) is 4.79 Å². The first-order valence-electron chi connectivity index (χ1n) is 9.70. The number of nitrogens with one attached hydrogen (secondary N) is 1. The van der Waals surface area contributed by atoms with Gasteiger partial charge < -0.3 is 19.4 Å². The lowest BCUT2D eigenvalue weighted by Gasteiger charge is -2.14. The Morgan fingerprint density at radius 3 is 2.42 bits per heavy atom. The number of benzene rings is 3. The zero-order valence-electron chi connectivity index (χ0n) is 17.2. The van der Waals surface area contributed by atoms with Crippen molar-refractivity contribution in [3.05, 3.63) is 78.4 Å². The molecule has 0 saturated heterocycles. The van der Waals surface area contributed by atoms with Gasteiger partial charge in [-0.3, -0.25) is 9.59 Å². The van der Waals surface area contributed by atoms with Crippen molar-refractivity contribution in [2.24, 2.45) is 0 Å². The minimum Gasteiger partial charge on any atom is -0.483 e. The summed E-state index contributed by atoms with van der Waals surface area (Å²) in [5.41, 5.74) is 3.28. The first kappa shape index (κ1) is 20.2. The monoisotopic (exact) mass is 415 g/mol. The first-order chi connectivity index (χ1) is 15.0. The van der Waals surface area contributed by atoms with Crippen molar-refractivity contribution in [1.82, 2.24) is 9.88 Å². The summed E-state index contributed by atoms with van der Waals surface area (Å²) in [6.07, 6.45) is 0. The summed E-state index contributed by atoms with van der Waals surface area (Å²) in [5, 5.41) is 2.85. The van der Waals surface area contributed by atoms with Gasteiger partial charge in [0.2, 0.25) is 5.89 Å². The largest absolute Gasteiger partial charge is 0.483 e. The molecule has 0 fully saturated rings. The van der Waals surface area contributed by atoms with Crippen molar-refractivity contribution >= 4 is 28.6 Å². The average molecular weight is 415 g/mol. The normalized spacial score (nSPS) is 10.6. The smallest absolute Gasteiger partial charge is 0.259 e. The van der Waals surface area contributed by atoms with E-state index in [0.717, 1.165) is 16.7 Å². The van der Waals surface area contributed by atoms with Crippen molar-refractivity contribution in [3.63, 3.8) is 0 Å². The molecule has 1 aromatic heterocycles. The zero-order valence-corrected chi connectivity index (χ0v) is 17.2. The molecular formula is C24H21N3O4. The second kappa shape index (κ2) is 8.71. The molecule has 156 valence electrons. The number of nitrogens with zero attached hydrogens (tertiary/aromatic N) is 2. The maximum atomic E-state index is 12.8. The Morgan fingerprint density at radius 2 is 1.68 bits per heavy atom. The van der Waals surface area contributed by atoms with Crippen molar-refractivity contribution < 1.29 is 18.7 Å². The lowest BCUT2D eigenvalue weighted by atomic mass is 10.1. The van der Waals surface area contributed by atoms with Gasteiger partial charge in [0.15, 0.2) is 12.2 Å². The van der Waals surface area contributed by atoms with Crippen LogP contribution in [-0.4, -0.2) is 42.4 Å². The van der Waals surface area contributed by atoms with E-state index in [-0.39, 0.29) is 18.4 Å².